The number of benzene rings is 1. The molecule has 26 heavy (non-hydrogen) atoms. The number of anilines is 1. The summed E-state index contributed by atoms with van der Waals surface area (Å²) in [4.78, 5) is 24.3. The van der Waals surface area contributed by atoms with E-state index in [1.165, 1.54) is 11.8 Å². The summed E-state index contributed by atoms with van der Waals surface area (Å²) in [6.45, 7) is 3.97. The second-order valence-corrected chi connectivity index (χ2v) is 7.08. The lowest BCUT2D eigenvalue weighted by Crippen LogP contribution is -2.24. The van der Waals surface area contributed by atoms with Gasteiger partial charge in [-0.2, -0.15) is 0 Å². The molecule has 3 rings (SSSR count). The number of aromatic amines is 1. The Morgan fingerprint density at radius 1 is 1.38 bits per heavy atom. The molecule has 8 nitrogen and oxygen atoms in total. The van der Waals surface area contributed by atoms with Crippen molar-refractivity contribution in [3.05, 3.63) is 58.2 Å². The lowest BCUT2D eigenvalue weighted by molar-refractivity contribution is -0.115. The first-order valence-corrected chi connectivity index (χ1v) is 9.01. The number of hydrogen-bond acceptors (Lipinski definition) is 6. The number of hydrogen-bond donors (Lipinski definition) is 2. The Hall–Kier alpha value is -2.81. The number of aromatic nitrogens is 4. The number of H-pyrrole nitrogens is 1. The molecule has 0 unspecified atom stereocenters. The van der Waals surface area contributed by atoms with E-state index in [1.54, 1.807) is 24.5 Å². The van der Waals surface area contributed by atoms with Gasteiger partial charge in [0.05, 0.1) is 5.25 Å². The van der Waals surface area contributed by atoms with E-state index in [9.17, 15) is 9.59 Å². The van der Waals surface area contributed by atoms with E-state index in [0.717, 1.165) is 5.56 Å². The Morgan fingerprint density at radius 2 is 2.15 bits per heavy atom. The van der Waals surface area contributed by atoms with Gasteiger partial charge in [0.15, 0.2) is 11.0 Å². The average Bonchev–Trinajstić information content (AvgIpc) is 3.19. The minimum atomic E-state index is -0.460. The van der Waals surface area contributed by atoms with Crippen LogP contribution in [0.1, 0.15) is 18.2 Å². The minimum absolute atomic E-state index is 0.242. The standard InChI is InChI=1S/C17H19N5O3S/c1-11-10-14(21-25-11)18-15(23)12(2)26-17-20-19-16(24)22(17)9-8-13-6-4-3-5-7-13/h3-7,10,12H,8-9H2,1-2H3,(H,19,24)(H,18,21,23)/t12-/m0/s1. The van der Waals surface area contributed by atoms with Gasteiger partial charge < -0.3 is 9.84 Å². The first-order chi connectivity index (χ1) is 12.5. The van der Waals surface area contributed by atoms with Gasteiger partial charge in [0.25, 0.3) is 0 Å². The van der Waals surface area contributed by atoms with E-state index >= 15 is 0 Å². The number of carbonyl (C=O) groups is 1. The second-order valence-electron chi connectivity index (χ2n) is 5.77. The van der Waals surface area contributed by atoms with Crippen molar-refractivity contribution in [3.63, 3.8) is 0 Å². The summed E-state index contributed by atoms with van der Waals surface area (Å²) >= 11 is 1.21. The van der Waals surface area contributed by atoms with Gasteiger partial charge in [-0.25, -0.2) is 9.89 Å². The second kappa shape index (κ2) is 8.05. The minimum Gasteiger partial charge on any atom is -0.360 e. The van der Waals surface area contributed by atoms with Crippen molar-refractivity contribution in [1.29, 1.82) is 0 Å². The van der Waals surface area contributed by atoms with Gasteiger partial charge in [-0.15, -0.1) is 5.10 Å². The molecule has 0 aliphatic carbocycles. The van der Waals surface area contributed by atoms with Crippen LogP contribution in [0.15, 0.2) is 50.9 Å². The molecule has 0 fully saturated rings. The van der Waals surface area contributed by atoms with E-state index in [-0.39, 0.29) is 11.6 Å². The van der Waals surface area contributed by atoms with Crippen LogP contribution in [0.2, 0.25) is 0 Å². The number of rotatable bonds is 7. The van der Waals surface area contributed by atoms with Gasteiger partial charge >= 0.3 is 5.69 Å². The highest BCUT2D eigenvalue weighted by Gasteiger charge is 2.20. The van der Waals surface area contributed by atoms with Gasteiger partial charge in [-0.1, -0.05) is 47.3 Å². The van der Waals surface area contributed by atoms with Gasteiger partial charge in [-0.3, -0.25) is 9.36 Å². The number of aryl methyl sites for hydroxylation is 2. The SMILES string of the molecule is Cc1cc(NC(=O)[C@H](C)Sc2n[nH]c(=O)n2CCc2ccccc2)no1. The lowest BCUT2D eigenvalue weighted by Gasteiger charge is -2.10. The zero-order valence-corrected chi connectivity index (χ0v) is 15.2. The highest BCUT2D eigenvalue weighted by atomic mass is 32.2. The molecule has 2 aromatic heterocycles. The maximum atomic E-state index is 12.3. The third kappa shape index (κ3) is 4.42. The third-order valence-corrected chi connectivity index (χ3v) is 4.81. The van der Waals surface area contributed by atoms with Crippen LogP contribution in [-0.2, 0) is 17.8 Å². The van der Waals surface area contributed by atoms with E-state index in [2.05, 4.69) is 20.7 Å². The molecule has 2 heterocycles. The van der Waals surface area contributed by atoms with Gasteiger partial charge in [0, 0.05) is 12.6 Å². The summed E-state index contributed by atoms with van der Waals surface area (Å²) in [6.07, 6.45) is 0.701. The van der Waals surface area contributed by atoms with Crippen LogP contribution in [0, 0.1) is 6.92 Å². The predicted octanol–water partition coefficient (Wildman–Crippen LogP) is 2.23. The van der Waals surface area contributed by atoms with Crippen molar-refractivity contribution in [2.45, 2.75) is 37.2 Å². The van der Waals surface area contributed by atoms with Crippen molar-refractivity contribution in [3.8, 4) is 0 Å². The summed E-state index contributed by atoms with van der Waals surface area (Å²) in [6, 6.07) is 11.5. The fraction of sp³-hybridized carbons (Fsp3) is 0.294. The van der Waals surface area contributed by atoms with Gasteiger partial charge in [-0.05, 0) is 25.8 Å². The fourth-order valence-electron chi connectivity index (χ4n) is 2.34. The Balaban J connectivity index is 1.64. The molecule has 9 heteroatoms. The molecule has 0 radical (unpaired) electrons. The quantitative estimate of drug-likeness (QED) is 0.615. The molecule has 0 bridgehead atoms. The lowest BCUT2D eigenvalue weighted by atomic mass is 10.1. The van der Waals surface area contributed by atoms with Crippen LogP contribution in [0.5, 0.6) is 0 Å². The summed E-state index contributed by atoms with van der Waals surface area (Å²) in [7, 11) is 0. The van der Waals surface area contributed by atoms with Crippen molar-refractivity contribution < 1.29 is 9.32 Å². The first kappa shape index (κ1) is 18.0. The van der Waals surface area contributed by atoms with Crippen LogP contribution < -0.4 is 11.0 Å². The first-order valence-electron chi connectivity index (χ1n) is 8.13. The van der Waals surface area contributed by atoms with Crippen LogP contribution in [0.4, 0.5) is 5.82 Å². The monoisotopic (exact) mass is 373 g/mol. The molecule has 0 aliphatic heterocycles. The smallest absolute Gasteiger partial charge is 0.343 e. The normalized spacial score (nSPS) is 12.1. The molecule has 2 N–H and O–H groups in total. The number of thioether (sulfide) groups is 1. The number of amides is 1. The van der Waals surface area contributed by atoms with Crippen LogP contribution in [0.25, 0.3) is 0 Å². The Labute approximate surface area is 154 Å². The Kier molecular flexibility index (Phi) is 5.57. The molecule has 0 aliphatic rings. The number of carbonyl (C=O) groups excluding carboxylic acids is 1. The summed E-state index contributed by atoms with van der Waals surface area (Å²) in [5.41, 5.74) is 0.840. The largest absolute Gasteiger partial charge is 0.360 e. The highest BCUT2D eigenvalue weighted by Crippen LogP contribution is 2.21. The topological polar surface area (TPSA) is 106 Å². The zero-order chi connectivity index (χ0) is 18.5. The summed E-state index contributed by atoms with van der Waals surface area (Å²) in [5.74, 6) is 0.736. The molecule has 0 saturated carbocycles. The molecule has 1 amide bonds. The Bertz CT molecular complexity index is 931. The van der Waals surface area contributed by atoms with Crippen LogP contribution in [0.3, 0.4) is 0 Å². The molecule has 3 aromatic rings. The zero-order valence-electron chi connectivity index (χ0n) is 14.4. The average molecular weight is 373 g/mol. The fourth-order valence-corrected chi connectivity index (χ4v) is 3.22. The number of nitrogens with zero attached hydrogens (tertiary/aromatic N) is 3. The van der Waals surface area contributed by atoms with E-state index in [1.807, 2.05) is 30.3 Å². The highest BCUT2D eigenvalue weighted by molar-refractivity contribution is 8.00. The summed E-state index contributed by atoms with van der Waals surface area (Å²) in [5, 5.41) is 12.9. The van der Waals surface area contributed by atoms with Gasteiger partial charge in [0.2, 0.25) is 5.91 Å². The van der Waals surface area contributed by atoms with Crippen molar-refractivity contribution in [2.75, 3.05) is 5.32 Å². The van der Waals surface area contributed by atoms with E-state index in [4.69, 9.17) is 4.52 Å². The maximum Gasteiger partial charge on any atom is 0.343 e. The predicted molar refractivity (Wildman–Crippen MR) is 98.2 cm³/mol. The van der Waals surface area contributed by atoms with Crippen molar-refractivity contribution >= 4 is 23.5 Å². The Morgan fingerprint density at radius 3 is 2.85 bits per heavy atom. The summed E-state index contributed by atoms with van der Waals surface area (Å²) < 4.78 is 6.47. The number of nitrogens with one attached hydrogen (secondary N) is 2. The molecule has 0 spiro atoms. The maximum absolute atomic E-state index is 12.3. The van der Waals surface area contributed by atoms with Gasteiger partial charge in [0.1, 0.15) is 5.76 Å². The van der Waals surface area contributed by atoms with Crippen molar-refractivity contribution in [1.82, 2.24) is 19.9 Å². The van der Waals surface area contributed by atoms with Crippen LogP contribution in [-0.4, -0.2) is 31.1 Å². The van der Waals surface area contributed by atoms with Crippen molar-refractivity contribution in [2.24, 2.45) is 0 Å². The molecular weight excluding hydrogens is 354 g/mol. The molecular formula is C17H19N5O3S. The molecule has 1 atom stereocenters. The molecule has 1 aromatic carbocycles. The molecule has 136 valence electrons. The third-order valence-electron chi connectivity index (χ3n) is 3.72. The van der Waals surface area contributed by atoms with E-state index < -0.39 is 5.25 Å². The van der Waals surface area contributed by atoms with E-state index in [0.29, 0.717) is 29.7 Å². The van der Waals surface area contributed by atoms with Crippen LogP contribution >= 0.6 is 11.8 Å². The molecule has 0 saturated heterocycles.